The lowest BCUT2D eigenvalue weighted by Crippen LogP contribution is -2.52. The molecule has 0 saturated carbocycles. The number of rotatable bonds is 5. The number of aromatic nitrogens is 1. The second-order valence-electron chi connectivity index (χ2n) is 8.17. The van der Waals surface area contributed by atoms with Gasteiger partial charge in [-0.05, 0) is 55.5 Å². The van der Waals surface area contributed by atoms with Gasteiger partial charge in [0.15, 0.2) is 0 Å². The number of amides is 1. The summed E-state index contributed by atoms with van der Waals surface area (Å²) in [6.07, 6.45) is 1.65. The number of carbonyl (C=O) groups is 1. The summed E-state index contributed by atoms with van der Waals surface area (Å²) >= 11 is 0. The Morgan fingerprint density at radius 3 is 2.24 bits per heavy atom. The Morgan fingerprint density at radius 1 is 0.971 bits per heavy atom. The molecule has 0 radical (unpaired) electrons. The van der Waals surface area contributed by atoms with E-state index in [0.717, 1.165) is 17.8 Å². The van der Waals surface area contributed by atoms with E-state index < -0.39 is 27.1 Å². The zero-order chi connectivity index (χ0) is 24.8. The molecule has 2 aromatic carbocycles. The molecule has 0 bridgehead atoms. The third-order valence-electron chi connectivity index (χ3n) is 5.83. The van der Waals surface area contributed by atoms with Crippen LogP contribution in [0.15, 0.2) is 59.6 Å². The van der Waals surface area contributed by atoms with Gasteiger partial charge in [0.05, 0.1) is 11.6 Å². The van der Waals surface area contributed by atoms with Gasteiger partial charge in [-0.2, -0.15) is 0 Å². The largest absolute Gasteiger partial charge is 0.368 e. The summed E-state index contributed by atoms with van der Waals surface area (Å²) in [5, 5.41) is 3.16. The Bertz CT molecular complexity index is 1230. The molecule has 1 fully saturated rings. The first kappa shape index (κ1) is 24.1. The summed E-state index contributed by atoms with van der Waals surface area (Å²) in [6.45, 7) is 3.80. The Morgan fingerprint density at radius 2 is 1.62 bits per heavy atom. The summed E-state index contributed by atoms with van der Waals surface area (Å²) < 4.78 is 78.0. The van der Waals surface area contributed by atoms with Crippen LogP contribution in [0.2, 0.25) is 0 Å². The van der Waals surface area contributed by atoms with Crippen LogP contribution in [-0.4, -0.2) is 48.0 Å². The van der Waals surface area contributed by atoms with Crippen LogP contribution in [0.4, 0.5) is 35.2 Å². The average molecular weight is 505 g/mol. The maximum Gasteiger partial charge on any atom is 0.310 e. The van der Waals surface area contributed by atoms with Crippen LogP contribution < -0.4 is 10.2 Å². The van der Waals surface area contributed by atoms with Gasteiger partial charge in [0, 0.05) is 49.1 Å². The molecule has 0 spiro atoms. The molecule has 1 N–H and O–H groups in total. The first-order chi connectivity index (χ1) is 15.7. The molecule has 5 nitrogen and oxygen atoms in total. The van der Waals surface area contributed by atoms with E-state index in [1.807, 2.05) is 11.0 Å². The van der Waals surface area contributed by atoms with Crippen molar-refractivity contribution in [2.45, 2.75) is 17.9 Å². The van der Waals surface area contributed by atoms with Crippen molar-refractivity contribution in [2.75, 3.05) is 36.4 Å². The smallest absolute Gasteiger partial charge is 0.310 e. The molecule has 184 valence electrons. The van der Waals surface area contributed by atoms with E-state index in [4.69, 9.17) is 0 Å². The van der Waals surface area contributed by atoms with E-state index >= 15 is 0 Å². The molecule has 34 heavy (non-hydrogen) atoms. The number of nitrogens with one attached hydrogen (secondary N) is 1. The molecule has 4 rings (SSSR count). The minimum atomic E-state index is -9.76. The van der Waals surface area contributed by atoms with Gasteiger partial charge in [-0.1, -0.05) is 19.4 Å². The molecular weight excluding hydrogens is 482 g/mol. The van der Waals surface area contributed by atoms with Crippen LogP contribution >= 0.6 is 10.2 Å². The van der Waals surface area contributed by atoms with Crippen molar-refractivity contribution in [1.82, 2.24) is 9.88 Å². The van der Waals surface area contributed by atoms with Crippen molar-refractivity contribution in [3.63, 3.8) is 0 Å². The van der Waals surface area contributed by atoms with Crippen LogP contribution in [0.1, 0.15) is 6.92 Å². The Kier molecular flexibility index (Phi) is 5.52. The lowest BCUT2D eigenvalue weighted by molar-refractivity contribution is -0.120. The van der Waals surface area contributed by atoms with Gasteiger partial charge in [0.25, 0.3) is 0 Å². The fourth-order valence-corrected chi connectivity index (χ4v) is 4.59. The number of nitrogens with zero attached hydrogens (tertiary/aromatic N) is 3. The fourth-order valence-electron chi connectivity index (χ4n) is 3.94. The van der Waals surface area contributed by atoms with Gasteiger partial charge in [0.2, 0.25) is 5.91 Å². The zero-order valence-corrected chi connectivity index (χ0v) is 18.8. The number of benzene rings is 2. The van der Waals surface area contributed by atoms with E-state index in [1.54, 1.807) is 19.2 Å². The number of carbonyl (C=O) groups excluding carboxylic acids is 1. The monoisotopic (exact) mass is 504 g/mol. The summed E-state index contributed by atoms with van der Waals surface area (Å²) in [5.41, 5.74) is 1.50. The SMILES string of the molecule is CC(C(=O)Nc1ccc(S(F)(F)(F)(F)F)cc1)N1CCN(c2ccnc3ccc(F)cc23)CC1. The molecule has 1 amide bonds. The minimum Gasteiger partial charge on any atom is -0.368 e. The molecule has 0 aliphatic carbocycles. The maximum absolute atomic E-state index is 13.7. The van der Waals surface area contributed by atoms with Crippen molar-refractivity contribution in [3.8, 4) is 0 Å². The first-order valence-corrected chi connectivity index (χ1v) is 12.3. The number of piperazine rings is 1. The Labute approximate surface area is 192 Å². The number of pyridine rings is 1. The van der Waals surface area contributed by atoms with Crippen LogP contribution in [0.5, 0.6) is 0 Å². The Hall–Kier alpha value is -2.99. The van der Waals surface area contributed by atoms with Gasteiger partial charge in [0.1, 0.15) is 10.7 Å². The molecule has 1 aliphatic heterocycles. The summed E-state index contributed by atoms with van der Waals surface area (Å²) in [5.74, 6) is -0.829. The highest BCUT2D eigenvalue weighted by atomic mass is 32.5. The van der Waals surface area contributed by atoms with Crippen LogP contribution in [0.3, 0.4) is 0 Å². The Balaban J connectivity index is 1.39. The van der Waals surface area contributed by atoms with Crippen molar-refractivity contribution in [3.05, 3.63) is 60.5 Å². The van der Waals surface area contributed by atoms with E-state index in [-0.39, 0.29) is 23.6 Å². The second kappa shape index (κ2) is 7.77. The highest BCUT2D eigenvalue weighted by molar-refractivity contribution is 8.45. The number of hydrogen-bond donors (Lipinski definition) is 1. The van der Waals surface area contributed by atoms with Crippen molar-refractivity contribution in [1.29, 1.82) is 0 Å². The third kappa shape index (κ3) is 5.22. The van der Waals surface area contributed by atoms with Crippen molar-refractivity contribution >= 4 is 38.4 Å². The minimum absolute atomic E-state index is 0.00799. The van der Waals surface area contributed by atoms with Crippen molar-refractivity contribution in [2.24, 2.45) is 0 Å². The molecule has 1 unspecified atom stereocenters. The molecule has 2 heterocycles. The van der Waals surface area contributed by atoms with E-state index in [0.29, 0.717) is 37.1 Å². The molecule has 1 aliphatic rings. The van der Waals surface area contributed by atoms with E-state index in [1.165, 1.54) is 12.1 Å². The topological polar surface area (TPSA) is 48.5 Å². The lowest BCUT2D eigenvalue weighted by Gasteiger charge is -2.40. The number of anilines is 2. The number of halogens is 6. The second-order valence-corrected chi connectivity index (χ2v) is 10.6. The molecule has 1 saturated heterocycles. The average Bonchev–Trinajstić information content (AvgIpc) is 2.77. The predicted octanol–water partition coefficient (Wildman–Crippen LogP) is 6.18. The predicted molar refractivity (Wildman–Crippen MR) is 121 cm³/mol. The summed E-state index contributed by atoms with van der Waals surface area (Å²) in [7, 11) is -9.76. The molecular formula is C22H22F6N4OS. The molecule has 1 atom stereocenters. The van der Waals surface area contributed by atoms with Crippen LogP contribution in [-0.2, 0) is 4.79 Å². The third-order valence-corrected chi connectivity index (χ3v) is 6.99. The van der Waals surface area contributed by atoms with Crippen LogP contribution in [0, 0.1) is 5.82 Å². The summed E-state index contributed by atoms with van der Waals surface area (Å²) in [4.78, 5) is 18.8. The standard InChI is InChI=1S/C22H22F6N4OS/c1-15(22(33)30-17-3-5-18(6-4-17)34(24,25,26,27)28)31-10-12-32(13-11-31)21-8-9-29-20-7-2-16(23)14-19(20)21/h2-9,14-15H,10-13H2,1H3,(H,30,33). The lowest BCUT2D eigenvalue weighted by atomic mass is 10.1. The number of hydrogen-bond acceptors (Lipinski definition) is 4. The zero-order valence-electron chi connectivity index (χ0n) is 18.0. The maximum atomic E-state index is 13.7. The quantitative estimate of drug-likeness (QED) is 0.422. The van der Waals surface area contributed by atoms with Gasteiger partial charge < -0.3 is 10.2 Å². The normalized spacial score (nSPS) is 18.3. The summed E-state index contributed by atoms with van der Waals surface area (Å²) in [6, 6.07) is 7.74. The van der Waals surface area contributed by atoms with Crippen LogP contribution in [0.25, 0.3) is 10.9 Å². The molecule has 12 heteroatoms. The van der Waals surface area contributed by atoms with Gasteiger partial charge >= 0.3 is 10.2 Å². The first-order valence-electron chi connectivity index (χ1n) is 10.4. The highest BCUT2D eigenvalue weighted by Gasteiger charge is 2.65. The van der Waals surface area contributed by atoms with Crippen molar-refractivity contribution < 1.29 is 28.6 Å². The van der Waals surface area contributed by atoms with E-state index in [9.17, 15) is 28.6 Å². The van der Waals surface area contributed by atoms with Gasteiger partial charge in [-0.3, -0.25) is 14.7 Å². The fraction of sp³-hybridized carbons (Fsp3) is 0.273. The van der Waals surface area contributed by atoms with Gasteiger partial charge in [-0.15, -0.1) is 0 Å². The molecule has 3 aromatic rings. The highest BCUT2D eigenvalue weighted by Crippen LogP contribution is 3.02. The molecule has 1 aromatic heterocycles. The van der Waals surface area contributed by atoms with Gasteiger partial charge in [-0.25, -0.2) is 4.39 Å². The van der Waals surface area contributed by atoms with E-state index in [2.05, 4.69) is 15.2 Å². The number of fused-ring (bicyclic) bond motifs is 1.